The van der Waals surface area contributed by atoms with Crippen LogP contribution in [0, 0.1) is 11.7 Å². The van der Waals surface area contributed by atoms with Gasteiger partial charge < -0.3 is 5.32 Å². The third-order valence-corrected chi connectivity index (χ3v) is 5.98. The van der Waals surface area contributed by atoms with Crippen molar-refractivity contribution in [2.45, 2.75) is 45.1 Å². The van der Waals surface area contributed by atoms with Gasteiger partial charge in [0.1, 0.15) is 0 Å². The molecular formula is C23H26N4OS. The van der Waals surface area contributed by atoms with Gasteiger partial charge in [0.25, 0.3) is 0 Å². The average molecular weight is 407 g/mol. The van der Waals surface area contributed by atoms with E-state index in [0.717, 1.165) is 24.2 Å². The van der Waals surface area contributed by atoms with Crippen molar-refractivity contribution in [1.82, 2.24) is 20.1 Å². The predicted molar refractivity (Wildman–Crippen MR) is 117 cm³/mol. The molecule has 0 aliphatic heterocycles. The highest BCUT2D eigenvalue weighted by molar-refractivity contribution is 7.71. The molecule has 0 bridgehead atoms. The number of aromatic nitrogens is 3. The first-order chi connectivity index (χ1) is 14.1. The SMILES string of the molecule is Cc1ccc(-c2n[nH]c(=S)n2CCC(=O)NCC2CCCc3ccccc32)cc1. The number of amides is 1. The standard InChI is InChI=1S/C23H26N4OS/c1-16-9-11-18(12-10-16)22-25-26-23(29)27(22)14-13-21(28)24-15-19-7-4-6-17-5-2-3-8-20(17)19/h2-3,5,8-12,19H,4,6-7,13-15H2,1H3,(H,24,28)(H,26,29). The molecular weight excluding hydrogens is 380 g/mol. The van der Waals surface area contributed by atoms with Crippen LogP contribution >= 0.6 is 12.2 Å². The molecule has 2 N–H and O–H groups in total. The second-order valence-electron chi connectivity index (χ2n) is 7.71. The zero-order valence-corrected chi connectivity index (χ0v) is 17.5. The van der Waals surface area contributed by atoms with E-state index in [1.165, 1.54) is 23.1 Å². The number of H-pyrrole nitrogens is 1. The summed E-state index contributed by atoms with van der Waals surface area (Å²) in [4.78, 5) is 12.5. The lowest BCUT2D eigenvalue weighted by Crippen LogP contribution is -2.30. The van der Waals surface area contributed by atoms with Crippen LogP contribution < -0.4 is 5.32 Å². The van der Waals surface area contributed by atoms with Gasteiger partial charge in [0.05, 0.1) is 0 Å². The molecule has 29 heavy (non-hydrogen) atoms. The van der Waals surface area contributed by atoms with Gasteiger partial charge in [-0.25, -0.2) is 0 Å². The molecule has 1 aromatic heterocycles. The summed E-state index contributed by atoms with van der Waals surface area (Å²) < 4.78 is 2.43. The van der Waals surface area contributed by atoms with E-state index < -0.39 is 0 Å². The van der Waals surface area contributed by atoms with E-state index in [-0.39, 0.29) is 5.91 Å². The quantitative estimate of drug-likeness (QED) is 0.591. The van der Waals surface area contributed by atoms with Crippen molar-refractivity contribution >= 4 is 18.1 Å². The summed E-state index contributed by atoms with van der Waals surface area (Å²) in [6, 6.07) is 16.7. The number of hydrogen-bond donors (Lipinski definition) is 2. The van der Waals surface area contributed by atoms with Crippen molar-refractivity contribution in [2.75, 3.05) is 6.54 Å². The molecule has 0 spiro atoms. The Morgan fingerprint density at radius 2 is 2.03 bits per heavy atom. The van der Waals surface area contributed by atoms with Crippen LogP contribution in [0.4, 0.5) is 0 Å². The molecule has 4 rings (SSSR count). The molecule has 1 aliphatic rings. The molecule has 3 aromatic rings. The van der Waals surface area contributed by atoms with Crippen LogP contribution in [0.1, 0.15) is 41.9 Å². The Balaban J connectivity index is 1.37. The summed E-state index contributed by atoms with van der Waals surface area (Å²) in [6.45, 7) is 3.25. The molecule has 5 nitrogen and oxygen atoms in total. The summed E-state index contributed by atoms with van der Waals surface area (Å²) in [5.41, 5.74) is 4.99. The molecule has 1 unspecified atom stereocenters. The van der Waals surface area contributed by atoms with Crippen LogP contribution in [0.2, 0.25) is 0 Å². The van der Waals surface area contributed by atoms with Gasteiger partial charge in [-0.2, -0.15) is 5.10 Å². The Hall–Kier alpha value is -2.73. The second kappa shape index (κ2) is 8.74. The minimum atomic E-state index is 0.0472. The number of rotatable bonds is 6. The van der Waals surface area contributed by atoms with Gasteiger partial charge in [0, 0.05) is 31.0 Å². The Bertz CT molecular complexity index is 1050. The van der Waals surface area contributed by atoms with Crippen molar-refractivity contribution in [2.24, 2.45) is 0 Å². The van der Waals surface area contributed by atoms with E-state index in [1.807, 2.05) is 28.8 Å². The normalized spacial score (nSPS) is 15.7. The third-order valence-electron chi connectivity index (χ3n) is 5.67. The summed E-state index contributed by atoms with van der Waals surface area (Å²) in [5.74, 6) is 1.22. The molecule has 1 atom stereocenters. The molecule has 1 heterocycles. The van der Waals surface area contributed by atoms with Crippen molar-refractivity contribution in [1.29, 1.82) is 0 Å². The van der Waals surface area contributed by atoms with Crippen LogP contribution in [0.5, 0.6) is 0 Å². The number of aryl methyl sites for hydroxylation is 2. The van der Waals surface area contributed by atoms with Gasteiger partial charge in [0.2, 0.25) is 5.91 Å². The fraction of sp³-hybridized carbons (Fsp3) is 0.348. The molecule has 0 saturated heterocycles. The van der Waals surface area contributed by atoms with E-state index >= 15 is 0 Å². The highest BCUT2D eigenvalue weighted by Gasteiger charge is 2.20. The van der Waals surface area contributed by atoms with Crippen molar-refractivity contribution in [3.63, 3.8) is 0 Å². The average Bonchev–Trinajstić information content (AvgIpc) is 3.11. The zero-order chi connectivity index (χ0) is 20.2. The number of carbonyl (C=O) groups excluding carboxylic acids is 1. The fourth-order valence-electron chi connectivity index (χ4n) is 4.05. The lowest BCUT2D eigenvalue weighted by molar-refractivity contribution is -0.121. The van der Waals surface area contributed by atoms with Gasteiger partial charge in [-0.15, -0.1) is 0 Å². The van der Waals surface area contributed by atoms with Crippen LogP contribution in [0.3, 0.4) is 0 Å². The molecule has 6 heteroatoms. The highest BCUT2D eigenvalue weighted by atomic mass is 32.1. The topological polar surface area (TPSA) is 62.7 Å². The number of carbonyl (C=O) groups is 1. The Morgan fingerprint density at radius 3 is 2.86 bits per heavy atom. The fourth-order valence-corrected chi connectivity index (χ4v) is 4.28. The molecule has 1 aliphatic carbocycles. The number of aromatic amines is 1. The Labute approximate surface area is 176 Å². The third kappa shape index (κ3) is 4.48. The Morgan fingerprint density at radius 1 is 1.24 bits per heavy atom. The predicted octanol–water partition coefficient (Wildman–Crippen LogP) is 4.54. The summed E-state index contributed by atoms with van der Waals surface area (Å²) in [6.07, 6.45) is 3.82. The van der Waals surface area contributed by atoms with E-state index in [9.17, 15) is 4.79 Å². The van der Waals surface area contributed by atoms with Crippen LogP contribution in [-0.4, -0.2) is 27.2 Å². The minimum absolute atomic E-state index is 0.0472. The van der Waals surface area contributed by atoms with Crippen LogP contribution in [0.15, 0.2) is 48.5 Å². The largest absolute Gasteiger partial charge is 0.355 e. The van der Waals surface area contributed by atoms with Crippen LogP contribution in [-0.2, 0) is 17.8 Å². The number of nitrogens with zero attached hydrogens (tertiary/aromatic N) is 2. The molecule has 1 amide bonds. The van der Waals surface area contributed by atoms with Gasteiger partial charge >= 0.3 is 0 Å². The summed E-state index contributed by atoms with van der Waals surface area (Å²) >= 11 is 5.37. The number of nitrogens with one attached hydrogen (secondary N) is 2. The van der Waals surface area contributed by atoms with Gasteiger partial charge in [-0.05, 0) is 49.5 Å². The monoisotopic (exact) mass is 406 g/mol. The summed E-state index contributed by atoms with van der Waals surface area (Å²) in [5, 5.41) is 10.3. The smallest absolute Gasteiger partial charge is 0.221 e. The van der Waals surface area contributed by atoms with Gasteiger partial charge in [-0.1, -0.05) is 54.1 Å². The van der Waals surface area contributed by atoms with Crippen molar-refractivity contribution < 1.29 is 4.79 Å². The maximum absolute atomic E-state index is 12.5. The lowest BCUT2D eigenvalue weighted by atomic mass is 9.83. The maximum atomic E-state index is 12.5. The van der Waals surface area contributed by atoms with E-state index in [4.69, 9.17) is 12.2 Å². The van der Waals surface area contributed by atoms with Crippen molar-refractivity contribution in [3.05, 3.63) is 70.0 Å². The highest BCUT2D eigenvalue weighted by Crippen LogP contribution is 2.30. The lowest BCUT2D eigenvalue weighted by Gasteiger charge is -2.25. The molecule has 2 aromatic carbocycles. The molecule has 0 saturated carbocycles. The first-order valence-corrected chi connectivity index (χ1v) is 10.6. The number of hydrogen-bond acceptors (Lipinski definition) is 3. The Kier molecular flexibility index (Phi) is 5.90. The number of fused-ring (bicyclic) bond motifs is 1. The van der Waals surface area contributed by atoms with E-state index in [2.05, 4.69) is 46.7 Å². The molecule has 150 valence electrons. The van der Waals surface area contributed by atoms with E-state index in [1.54, 1.807) is 0 Å². The van der Waals surface area contributed by atoms with E-state index in [0.29, 0.717) is 30.2 Å². The van der Waals surface area contributed by atoms with Crippen molar-refractivity contribution in [3.8, 4) is 11.4 Å². The minimum Gasteiger partial charge on any atom is -0.355 e. The molecule has 0 fully saturated rings. The van der Waals surface area contributed by atoms with Gasteiger partial charge in [0.15, 0.2) is 10.6 Å². The first kappa shape index (κ1) is 19.6. The summed E-state index contributed by atoms with van der Waals surface area (Å²) in [7, 11) is 0. The zero-order valence-electron chi connectivity index (χ0n) is 16.6. The second-order valence-corrected chi connectivity index (χ2v) is 8.10. The first-order valence-electron chi connectivity index (χ1n) is 10.2. The number of benzene rings is 2. The van der Waals surface area contributed by atoms with Gasteiger partial charge in [-0.3, -0.25) is 14.5 Å². The maximum Gasteiger partial charge on any atom is 0.221 e. The van der Waals surface area contributed by atoms with Crippen LogP contribution in [0.25, 0.3) is 11.4 Å². The molecule has 0 radical (unpaired) electrons.